The molecule has 0 aromatic carbocycles. The molecule has 3 saturated carbocycles. The van der Waals surface area contributed by atoms with Gasteiger partial charge in [0.2, 0.25) is 0 Å². The molecule has 0 aromatic heterocycles. The smallest absolute Gasteiger partial charge is 0.253 e. The molecule has 10 unspecified atom stereocenters. The molecule has 1 amide bonds. The normalized spacial score (nSPS) is 45.4. The summed E-state index contributed by atoms with van der Waals surface area (Å²) in [5, 5.41) is 3.53. The molecule has 3 heterocycles. The van der Waals surface area contributed by atoms with Gasteiger partial charge in [0.05, 0.1) is 35.9 Å². The number of ketones is 1. The second-order valence-corrected chi connectivity index (χ2v) is 12.1. The van der Waals surface area contributed by atoms with Crippen LogP contribution in [0.15, 0.2) is 11.8 Å². The van der Waals surface area contributed by atoms with Gasteiger partial charge < -0.3 is 25.6 Å². The largest absolute Gasteiger partial charge is 0.369 e. The number of ether oxygens (including phenoxy) is 1. The number of hydrogen-bond donors (Lipinski definition) is 2. The lowest BCUT2D eigenvalue weighted by Crippen LogP contribution is -2.73. The third-order valence-corrected chi connectivity index (χ3v) is 10.3. The van der Waals surface area contributed by atoms with Crippen molar-refractivity contribution in [1.29, 1.82) is 0 Å². The van der Waals surface area contributed by atoms with Crippen molar-refractivity contribution in [3.05, 3.63) is 11.8 Å². The minimum atomic E-state index is -1.19. The van der Waals surface area contributed by atoms with Crippen molar-refractivity contribution in [1.82, 2.24) is 15.1 Å². The van der Waals surface area contributed by atoms with E-state index in [4.69, 9.17) is 10.5 Å². The highest BCUT2D eigenvalue weighted by atomic mass is 19.1. The number of nitrogens with one attached hydrogen (secondary N) is 1. The van der Waals surface area contributed by atoms with Crippen LogP contribution in [0.4, 0.5) is 4.39 Å². The molecule has 35 heavy (non-hydrogen) atoms. The summed E-state index contributed by atoms with van der Waals surface area (Å²) in [6, 6.07) is 0.00547. The molecule has 2 saturated heterocycles. The Morgan fingerprint density at radius 1 is 1.17 bits per heavy atom. The molecule has 7 nitrogen and oxygen atoms in total. The molecule has 8 heteroatoms. The van der Waals surface area contributed by atoms with E-state index in [0.29, 0.717) is 17.9 Å². The van der Waals surface area contributed by atoms with Gasteiger partial charge in [-0.3, -0.25) is 9.59 Å². The number of likely N-dealkylation sites (tertiary alicyclic amines) is 1. The van der Waals surface area contributed by atoms with Crippen molar-refractivity contribution >= 4 is 11.7 Å². The zero-order chi connectivity index (χ0) is 24.3. The number of primary amides is 1. The summed E-state index contributed by atoms with van der Waals surface area (Å²) in [6.45, 7) is 1.87. The molecule has 0 spiro atoms. The van der Waals surface area contributed by atoms with Crippen molar-refractivity contribution in [2.24, 2.45) is 23.5 Å². The number of rotatable bonds is 5. The topological polar surface area (TPSA) is 87.9 Å². The number of alkyl halides is 1. The molecular formula is C27H41FN4O3. The molecule has 6 aliphatic rings. The molecule has 3 aliphatic carbocycles. The number of nitrogens with two attached hydrogens (primary N) is 1. The lowest BCUT2D eigenvalue weighted by atomic mass is 9.65. The van der Waals surface area contributed by atoms with Gasteiger partial charge >= 0.3 is 0 Å². The average molecular weight is 489 g/mol. The highest BCUT2D eigenvalue weighted by Gasteiger charge is 2.59. The lowest BCUT2D eigenvalue weighted by molar-refractivity contribution is -0.208. The molecule has 0 aromatic rings. The third kappa shape index (κ3) is 4.13. The fraction of sp³-hybridized carbons (Fsp3) is 0.852. The number of Topliss-reactive ketones (excluding diaryl/α,β-unsaturated/α-hetero) is 1. The van der Waals surface area contributed by atoms with E-state index in [-0.39, 0.29) is 36.0 Å². The fourth-order valence-corrected chi connectivity index (χ4v) is 8.47. The lowest BCUT2D eigenvalue weighted by Gasteiger charge is -2.61. The molecular weight excluding hydrogens is 447 g/mol. The van der Waals surface area contributed by atoms with Gasteiger partial charge in [-0.2, -0.15) is 0 Å². The molecule has 0 bridgehead atoms. The number of hydrogen-bond acceptors (Lipinski definition) is 6. The maximum atomic E-state index is 15.7. The summed E-state index contributed by atoms with van der Waals surface area (Å²) in [6.07, 6.45) is 10.7. The standard InChI is InChI=1S/C27H41FN4O3/c1-31-10-4-7-17(31)8-9-30-23-20(28)13-18-24-26(23)35-22-12-16-6-3-2-5-15(16)11-21(22)32(24)14-19(25(18)33)27(29)34/h14-18,20-24,26,30H,2-13H2,1H3,(H2,29,34). The predicted octanol–water partition coefficient (Wildman–Crippen LogP) is 2.15. The number of fused-ring (bicyclic) bond motifs is 3. The Bertz CT molecular complexity index is 882. The highest BCUT2D eigenvalue weighted by molar-refractivity contribution is 6.20. The van der Waals surface area contributed by atoms with Gasteiger partial charge in [-0.1, -0.05) is 25.7 Å². The van der Waals surface area contributed by atoms with Crippen LogP contribution in [0, 0.1) is 17.8 Å². The second kappa shape index (κ2) is 9.42. The van der Waals surface area contributed by atoms with Gasteiger partial charge in [-0.15, -0.1) is 0 Å². The van der Waals surface area contributed by atoms with E-state index < -0.39 is 30.1 Å². The summed E-state index contributed by atoms with van der Waals surface area (Å²) in [7, 11) is 2.17. The van der Waals surface area contributed by atoms with E-state index in [2.05, 4.69) is 22.2 Å². The number of nitrogens with zero attached hydrogens (tertiary/aromatic N) is 2. The molecule has 0 radical (unpaired) electrons. The maximum Gasteiger partial charge on any atom is 0.253 e. The molecule has 194 valence electrons. The first-order valence-corrected chi connectivity index (χ1v) is 14.0. The van der Waals surface area contributed by atoms with E-state index in [1.807, 2.05) is 0 Å². The van der Waals surface area contributed by atoms with E-state index >= 15 is 4.39 Å². The Labute approximate surface area is 208 Å². The Balaban J connectivity index is 1.27. The minimum absolute atomic E-state index is 0.00499. The molecule has 3 aliphatic heterocycles. The van der Waals surface area contributed by atoms with Crippen LogP contribution in [0.25, 0.3) is 0 Å². The Kier molecular flexibility index (Phi) is 6.42. The van der Waals surface area contributed by atoms with E-state index in [9.17, 15) is 9.59 Å². The van der Waals surface area contributed by atoms with Crippen LogP contribution < -0.4 is 11.1 Å². The van der Waals surface area contributed by atoms with E-state index in [1.165, 1.54) is 38.5 Å². The van der Waals surface area contributed by atoms with Crippen LogP contribution in [0.3, 0.4) is 0 Å². The van der Waals surface area contributed by atoms with Crippen LogP contribution in [0.1, 0.15) is 64.2 Å². The SMILES string of the molecule is CN1CCCC1CCNC1C(F)CC2C(=O)C(C(N)=O)=CN3C4CC5CCCCC5CC4OC1C23. The third-order valence-electron chi connectivity index (χ3n) is 10.3. The quantitative estimate of drug-likeness (QED) is 0.577. The number of amides is 1. The van der Waals surface area contributed by atoms with Gasteiger partial charge in [0.1, 0.15) is 6.17 Å². The van der Waals surface area contributed by atoms with Crippen molar-refractivity contribution in [3.63, 3.8) is 0 Å². The summed E-state index contributed by atoms with van der Waals surface area (Å²) < 4.78 is 22.5. The van der Waals surface area contributed by atoms with Crippen LogP contribution in [-0.2, 0) is 14.3 Å². The average Bonchev–Trinajstić information content (AvgIpc) is 3.25. The van der Waals surface area contributed by atoms with Crippen LogP contribution in [-0.4, -0.2) is 84.2 Å². The van der Waals surface area contributed by atoms with Crippen LogP contribution in [0.2, 0.25) is 0 Å². The van der Waals surface area contributed by atoms with Gasteiger partial charge in [-0.25, -0.2) is 4.39 Å². The number of carbonyl (C=O) groups excluding carboxylic acids is 2. The highest BCUT2D eigenvalue weighted by Crippen LogP contribution is 2.50. The molecule has 10 atom stereocenters. The van der Waals surface area contributed by atoms with E-state index in [1.54, 1.807) is 6.20 Å². The number of morpholine rings is 1. The Morgan fingerprint density at radius 2 is 1.94 bits per heavy atom. The molecule has 5 fully saturated rings. The molecule has 6 rings (SSSR count). The van der Waals surface area contributed by atoms with Gasteiger partial charge in [0.25, 0.3) is 5.91 Å². The summed E-state index contributed by atoms with van der Waals surface area (Å²) >= 11 is 0. The van der Waals surface area contributed by atoms with E-state index in [0.717, 1.165) is 32.4 Å². The maximum absolute atomic E-state index is 15.7. The first kappa shape index (κ1) is 23.9. The Hall–Kier alpha value is -1.51. The minimum Gasteiger partial charge on any atom is -0.369 e. The van der Waals surface area contributed by atoms with Crippen molar-refractivity contribution in [2.75, 3.05) is 20.1 Å². The fourth-order valence-electron chi connectivity index (χ4n) is 8.47. The van der Waals surface area contributed by atoms with Gasteiger partial charge in [0, 0.05) is 18.2 Å². The van der Waals surface area contributed by atoms with Gasteiger partial charge in [-0.05, 0) is 70.5 Å². The summed E-state index contributed by atoms with van der Waals surface area (Å²) in [5.41, 5.74) is 5.67. The zero-order valence-corrected chi connectivity index (χ0v) is 20.9. The summed E-state index contributed by atoms with van der Waals surface area (Å²) in [5.74, 6) is -0.243. The first-order valence-electron chi connectivity index (χ1n) is 14.0. The van der Waals surface area contributed by atoms with Gasteiger partial charge in [0.15, 0.2) is 5.78 Å². The zero-order valence-electron chi connectivity index (χ0n) is 20.9. The van der Waals surface area contributed by atoms with Crippen LogP contribution in [0.5, 0.6) is 0 Å². The Morgan fingerprint density at radius 3 is 2.66 bits per heavy atom. The van der Waals surface area contributed by atoms with Crippen molar-refractivity contribution in [3.8, 4) is 0 Å². The monoisotopic (exact) mass is 488 g/mol. The number of halogens is 1. The van der Waals surface area contributed by atoms with Crippen LogP contribution >= 0.6 is 0 Å². The second-order valence-electron chi connectivity index (χ2n) is 12.1. The van der Waals surface area contributed by atoms with Crippen molar-refractivity contribution in [2.45, 2.75) is 107 Å². The predicted molar refractivity (Wildman–Crippen MR) is 130 cm³/mol. The number of carbonyl (C=O) groups is 2. The van der Waals surface area contributed by atoms with Crippen molar-refractivity contribution < 1.29 is 18.7 Å². The summed E-state index contributed by atoms with van der Waals surface area (Å²) in [4.78, 5) is 30.1. The molecule has 3 N–H and O–H groups in total. The first-order chi connectivity index (χ1) is 16.9.